The standard InChI is InChI=1S/C14H20N2O5/c1-16-4-5-20-11(8-16)9-21-12-6-10(14(17)19-3)7-15-13(12)18-2/h6-7,11H,4-5,8-9H2,1-3H3/t11-/m1/s1. The lowest BCUT2D eigenvalue weighted by molar-refractivity contribution is -0.0407. The number of pyridine rings is 1. The maximum Gasteiger partial charge on any atom is 0.339 e. The number of nitrogens with zero attached hydrogens (tertiary/aromatic N) is 2. The maximum absolute atomic E-state index is 11.5. The molecule has 0 unspecified atom stereocenters. The normalized spacial score (nSPS) is 19.1. The van der Waals surface area contributed by atoms with Crippen LogP contribution in [0, 0.1) is 0 Å². The number of ether oxygens (including phenoxy) is 4. The van der Waals surface area contributed by atoms with E-state index < -0.39 is 5.97 Å². The Morgan fingerprint density at radius 1 is 1.52 bits per heavy atom. The Balaban J connectivity index is 2.04. The van der Waals surface area contributed by atoms with Gasteiger partial charge in [0.1, 0.15) is 12.7 Å². The molecule has 0 bridgehead atoms. The third kappa shape index (κ3) is 4.05. The van der Waals surface area contributed by atoms with Crippen molar-refractivity contribution in [2.45, 2.75) is 6.10 Å². The van der Waals surface area contributed by atoms with Crippen molar-refractivity contribution in [1.82, 2.24) is 9.88 Å². The lowest BCUT2D eigenvalue weighted by Crippen LogP contribution is -2.42. The van der Waals surface area contributed by atoms with Crippen LogP contribution in [0.1, 0.15) is 10.4 Å². The van der Waals surface area contributed by atoms with Crippen molar-refractivity contribution in [3.8, 4) is 11.6 Å². The fourth-order valence-corrected chi connectivity index (χ4v) is 2.07. The van der Waals surface area contributed by atoms with E-state index in [2.05, 4.69) is 14.6 Å². The highest BCUT2D eigenvalue weighted by Gasteiger charge is 2.20. The van der Waals surface area contributed by atoms with Gasteiger partial charge in [0, 0.05) is 25.4 Å². The van der Waals surface area contributed by atoms with Crippen molar-refractivity contribution < 1.29 is 23.7 Å². The van der Waals surface area contributed by atoms with Crippen LogP contribution < -0.4 is 9.47 Å². The number of rotatable bonds is 5. The molecular formula is C14H20N2O5. The SMILES string of the molecule is COC(=O)c1cnc(OC)c(OC[C@H]2CN(C)CCO2)c1. The van der Waals surface area contributed by atoms with Gasteiger partial charge in [-0.3, -0.25) is 0 Å². The topological polar surface area (TPSA) is 70.1 Å². The van der Waals surface area contributed by atoms with Crippen LogP contribution in [-0.4, -0.2) is 69.5 Å². The Morgan fingerprint density at radius 2 is 2.33 bits per heavy atom. The zero-order valence-corrected chi connectivity index (χ0v) is 12.5. The Bertz CT molecular complexity index is 494. The predicted octanol–water partition coefficient (Wildman–Crippen LogP) is 0.586. The molecule has 1 aliphatic heterocycles. The summed E-state index contributed by atoms with van der Waals surface area (Å²) in [6, 6.07) is 1.56. The third-order valence-corrected chi connectivity index (χ3v) is 3.20. The van der Waals surface area contributed by atoms with Crippen molar-refractivity contribution in [3.63, 3.8) is 0 Å². The second-order valence-corrected chi connectivity index (χ2v) is 4.79. The monoisotopic (exact) mass is 296 g/mol. The molecular weight excluding hydrogens is 276 g/mol. The van der Waals surface area contributed by atoms with Crippen LogP contribution in [0.5, 0.6) is 11.6 Å². The van der Waals surface area contributed by atoms with Crippen LogP contribution in [-0.2, 0) is 9.47 Å². The van der Waals surface area contributed by atoms with Crippen molar-refractivity contribution >= 4 is 5.97 Å². The summed E-state index contributed by atoms with van der Waals surface area (Å²) in [5, 5.41) is 0. The molecule has 1 aromatic heterocycles. The van der Waals surface area contributed by atoms with Gasteiger partial charge in [-0.25, -0.2) is 9.78 Å². The van der Waals surface area contributed by atoms with Gasteiger partial charge in [-0.05, 0) is 7.05 Å². The summed E-state index contributed by atoms with van der Waals surface area (Å²) in [4.78, 5) is 17.7. The first-order valence-corrected chi connectivity index (χ1v) is 6.69. The van der Waals surface area contributed by atoms with Gasteiger partial charge in [-0.15, -0.1) is 0 Å². The Kier molecular flexibility index (Phi) is 5.35. The van der Waals surface area contributed by atoms with Gasteiger partial charge in [0.25, 0.3) is 5.88 Å². The predicted molar refractivity (Wildman–Crippen MR) is 74.9 cm³/mol. The lowest BCUT2D eigenvalue weighted by atomic mass is 10.2. The summed E-state index contributed by atoms with van der Waals surface area (Å²) in [6.45, 7) is 2.76. The van der Waals surface area contributed by atoms with Crippen LogP contribution in [0.3, 0.4) is 0 Å². The second-order valence-electron chi connectivity index (χ2n) is 4.79. The summed E-state index contributed by atoms with van der Waals surface area (Å²) in [7, 11) is 4.85. The summed E-state index contributed by atoms with van der Waals surface area (Å²) in [6.07, 6.45) is 1.37. The molecule has 1 fully saturated rings. The van der Waals surface area contributed by atoms with E-state index >= 15 is 0 Å². The molecule has 1 saturated heterocycles. The molecule has 21 heavy (non-hydrogen) atoms. The zero-order valence-electron chi connectivity index (χ0n) is 12.5. The Hall–Kier alpha value is -1.86. The molecule has 0 N–H and O–H groups in total. The number of hydrogen-bond acceptors (Lipinski definition) is 7. The fraction of sp³-hybridized carbons (Fsp3) is 0.571. The molecule has 116 valence electrons. The van der Waals surface area contributed by atoms with Crippen LogP contribution in [0.25, 0.3) is 0 Å². The number of aromatic nitrogens is 1. The van der Waals surface area contributed by atoms with Crippen LogP contribution in [0.4, 0.5) is 0 Å². The summed E-state index contributed by atoms with van der Waals surface area (Å²) in [5.41, 5.74) is 0.315. The average molecular weight is 296 g/mol. The molecule has 7 heteroatoms. The summed E-state index contributed by atoms with van der Waals surface area (Å²) < 4.78 is 21.1. The number of morpholine rings is 1. The first kappa shape index (κ1) is 15.5. The molecule has 0 amide bonds. The number of methoxy groups -OCH3 is 2. The molecule has 2 rings (SSSR count). The van der Waals surface area contributed by atoms with Crippen molar-refractivity contribution in [1.29, 1.82) is 0 Å². The van der Waals surface area contributed by atoms with Crippen molar-refractivity contribution in [3.05, 3.63) is 17.8 Å². The number of carbonyl (C=O) groups excluding carboxylic acids is 1. The van der Waals surface area contributed by atoms with Gasteiger partial charge in [0.05, 0.1) is 26.4 Å². The molecule has 0 spiro atoms. The van der Waals surface area contributed by atoms with E-state index in [-0.39, 0.29) is 6.10 Å². The minimum Gasteiger partial charge on any atom is -0.485 e. The van der Waals surface area contributed by atoms with Gasteiger partial charge in [-0.2, -0.15) is 0 Å². The smallest absolute Gasteiger partial charge is 0.339 e. The molecule has 7 nitrogen and oxygen atoms in total. The van der Waals surface area contributed by atoms with Gasteiger partial charge in [0.2, 0.25) is 0 Å². The van der Waals surface area contributed by atoms with E-state index in [1.807, 2.05) is 7.05 Å². The van der Waals surface area contributed by atoms with Crippen molar-refractivity contribution in [2.75, 3.05) is 47.6 Å². The first-order valence-electron chi connectivity index (χ1n) is 6.69. The van der Waals surface area contributed by atoms with Gasteiger partial charge < -0.3 is 23.8 Å². The minimum absolute atomic E-state index is 0.0183. The molecule has 0 radical (unpaired) electrons. The van der Waals surface area contributed by atoms with Gasteiger partial charge in [0.15, 0.2) is 5.75 Å². The number of likely N-dealkylation sites (N-methyl/N-ethyl adjacent to an activating group) is 1. The van der Waals surface area contributed by atoms with Gasteiger partial charge in [-0.1, -0.05) is 0 Å². The molecule has 1 atom stereocenters. The van der Waals surface area contributed by atoms with E-state index in [0.717, 1.165) is 13.1 Å². The first-order chi connectivity index (χ1) is 10.1. The third-order valence-electron chi connectivity index (χ3n) is 3.20. The summed E-state index contributed by atoms with van der Waals surface area (Å²) in [5.74, 6) is 0.257. The molecule has 0 aliphatic carbocycles. The summed E-state index contributed by atoms with van der Waals surface area (Å²) >= 11 is 0. The maximum atomic E-state index is 11.5. The average Bonchev–Trinajstić information content (AvgIpc) is 2.52. The molecule has 0 saturated carbocycles. The van der Waals surface area contributed by atoms with E-state index in [9.17, 15) is 4.79 Å². The van der Waals surface area contributed by atoms with Crippen molar-refractivity contribution in [2.24, 2.45) is 0 Å². The van der Waals surface area contributed by atoms with Gasteiger partial charge >= 0.3 is 5.97 Å². The zero-order chi connectivity index (χ0) is 15.2. The van der Waals surface area contributed by atoms with E-state index in [0.29, 0.717) is 30.4 Å². The fourth-order valence-electron chi connectivity index (χ4n) is 2.07. The highest BCUT2D eigenvalue weighted by molar-refractivity contribution is 5.89. The van der Waals surface area contributed by atoms with Crippen LogP contribution in [0.15, 0.2) is 12.3 Å². The molecule has 0 aromatic carbocycles. The second kappa shape index (κ2) is 7.24. The Labute approximate surface area is 123 Å². The minimum atomic E-state index is -0.469. The lowest BCUT2D eigenvalue weighted by Gasteiger charge is -2.29. The van der Waals surface area contributed by atoms with Crippen LogP contribution >= 0.6 is 0 Å². The largest absolute Gasteiger partial charge is 0.485 e. The number of carbonyl (C=O) groups is 1. The quantitative estimate of drug-likeness (QED) is 0.736. The van der Waals surface area contributed by atoms with E-state index in [1.165, 1.54) is 20.4 Å². The van der Waals surface area contributed by atoms with E-state index in [1.54, 1.807) is 6.07 Å². The molecule has 1 aromatic rings. The highest BCUT2D eigenvalue weighted by atomic mass is 16.5. The highest BCUT2D eigenvalue weighted by Crippen LogP contribution is 2.25. The number of esters is 1. The number of hydrogen-bond donors (Lipinski definition) is 0. The van der Waals surface area contributed by atoms with Crippen LogP contribution in [0.2, 0.25) is 0 Å². The Morgan fingerprint density at radius 3 is 3.00 bits per heavy atom. The molecule has 1 aliphatic rings. The van der Waals surface area contributed by atoms with E-state index in [4.69, 9.17) is 14.2 Å². The molecule has 2 heterocycles.